The lowest BCUT2D eigenvalue weighted by atomic mass is 9.96. The van der Waals surface area contributed by atoms with Gasteiger partial charge in [-0.25, -0.2) is 9.97 Å². The van der Waals surface area contributed by atoms with Gasteiger partial charge < -0.3 is 4.90 Å². The van der Waals surface area contributed by atoms with Gasteiger partial charge >= 0.3 is 0 Å². The summed E-state index contributed by atoms with van der Waals surface area (Å²) in [6, 6.07) is 40.2. The molecule has 0 aliphatic carbocycles. The SMILES string of the molecule is c1ccc(-c2cc(N3CCN(C(c4ccccc4)c4ccccc4)CC3)nc(-c3ccccn3)n2)cc1. The highest BCUT2D eigenvalue weighted by molar-refractivity contribution is 5.66. The van der Waals surface area contributed by atoms with E-state index in [1.54, 1.807) is 6.20 Å². The molecule has 3 heterocycles. The van der Waals surface area contributed by atoms with Crippen molar-refractivity contribution in [2.75, 3.05) is 31.1 Å². The Kier molecular flexibility index (Phi) is 6.69. The summed E-state index contributed by atoms with van der Waals surface area (Å²) in [4.78, 5) is 19.3. The molecule has 5 heteroatoms. The Labute approximate surface area is 218 Å². The molecule has 0 bridgehead atoms. The molecule has 1 saturated heterocycles. The number of benzene rings is 3. The zero-order valence-electron chi connectivity index (χ0n) is 20.7. The van der Waals surface area contributed by atoms with E-state index in [2.05, 4.69) is 93.6 Å². The Morgan fingerprint density at radius 3 is 1.76 bits per heavy atom. The van der Waals surface area contributed by atoms with Gasteiger partial charge in [-0.1, -0.05) is 97.1 Å². The Bertz CT molecular complexity index is 1320. The topological polar surface area (TPSA) is 45.2 Å². The summed E-state index contributed by atoms with van der Waals surface area (Å²) in [6.45, 7) is 3.67. The van der Waals surface area contributed by atoms with Crippen molar-refractivity contribution in [2.45, 2.75) is 6.04 Å². The van der Waals surface area contributed by atoms with Crippen molar-refractivity contribution >= 4 is 5.82 Å². The number of nitrogens with zero attached hydrogens (tertiary/aromatic N) is 5. The maximum Gasteiger partial charge on any atom is 0.180 e. The van der Waals surface area contributed by atoms with Crippen LogP contribution in [0.2, 0.25) is 0 Å². The number of piperazine rings is 1. The van der Waals surface area contributed by atoms with Crippen LogP contribution in [0, 0.1) is 0 Å². The van der Waals surface area contributed by atoms with Crippen LogP contribution in [0.1, 0.15) is 17.2 Å². The van der Waals surface area contributed by atoms with E-state index in [1.807, 2.05) is 36.4 Å². The van der Waals surface area contributed by atoms with Crippen LogP contribution >= 0.6 is 0 Å². The van der Waals surface area contributed by atoms with Gasteiger partial charge in [0.15, 0.2) is 5.82 Å². The molecule has 1 aliphatic rings. The molecular formula is C32H29N5. The first kappa shape index (κ1) is 23.1. The third kappa shape index (κ3) is 5.13. The number of hydrogen-bond acceptors (Lipinski definition) is 5. The Balaban J connectivity index is 1.29. The minimum absolute atomic E-state index is 0.235. The highest BCUT2D eigenvalue weighted by Gasteiger charge is 2.27. The number of pyridine rings is 1. The third-order valence-electron chi connectivity index (χ3n) is 6.91. The predicted molar refractivity (Wildman–Crippen MR) is 149 cm³/mol. The van der Waals surface area contributed by atoms with Crippen molar-refractivity contribution in [1.82, 2.24) is 19.9 Å². The van der Waals surface area contributed by atoms with Crippen LogP contribution < -0.4 is 4.90 Å². The summed E-state index contributed by atoms with van der Waals surface area (Å²) in [5.41, 5.74) is 5.43. The number of aromatic nitrogens is 3. The van der Waals surface area contributed by atoms with Gasteiger partial charge in [-0.3, -0.25) is 9.88 Å². The van der Waals surface area contributed by atoms with Gasteiger partial charge in [-0.2, -0.15) is 0 Å². The molecule has 0 saturated carbocycles. The Morgan fingerprint density at radius 1 is 0.568 bits per heavy atom. The van der Waals surface area contributed by atoms with E-state index in [0.29, 0.717) is 5.82 Å². The van der Waals surface area contributed by atoms with Gasteiger partial charge in [0.1, 0.15) is 11.5 Å². The van der Waals surface area contributed by atoms with Gasteiger partial charge in [0.25, 0.3) is 0 Å². The lowest BCUT2D eigenvalue weighted by Crippen LogP contribution is -2.48. The monoisotopic (exact) mass is 483 g/mol. The van der Waals surface area contributed by atoms with Gasteiger partial charge in [-0.15, -0.1) is 0 Å². The maximum atomic E-state index is 4.97. The zero-order chi connectivity index (χ0) is 24.9. The van der Waals surface area contributed by atoms with E-state index in [9.17, 15) is 0 Å². The van der Waals surface area contributed by atoms with Crippen LogP contribution in [0.3, 0.4) is 0 Å². The van der Waals surface area contributed by atoms with E-state index < -0.39 is 0 Å². The molecule has 3 aromatic carbocycles. The second-order valence-corrected chi connectivity index (χ2v) is 9.26. The van der Waals surface area contributed by atoms with Crippen molar-refractivity contribution in [2.24, 2.45) is 0 Å². The second kappa shape index (κ2) is 10.7. The highest BCUT2D eigenvalue weighted by atomic mass is 15.3. The molecule has 182 valence electrons. The molecule has 0 amide bonds. The molecule has 0 N–H and O–H groups in total. The van der Waals surface area contributed by atoms with Crippen molar-refractivity contribution in [3.63, 3.8) is 0 Å². The number of rotatable bonds is 6. The maximum absolute atomic E-state index is 4.97. The quantitative estimate of drug-likeness (QED) is 0.291. The van der Waals surface area contributed by atoms with E-state index in [1.165, 1.54) is 11.1 Å². The average Bonchev–Trinajstić information content (AvgIpc) is 2.99. The highest BCUT2D eigenvalue weighted by Crippen LogP contribution is 2.31. The third-order valence-corrected chi connectivity index (χ3v) is 6.91. The largest absolute Gasteiger partial charge is 0.354 e. The van der Waals surface area contributed by atoms with Crippen LogP contribution in [-0.2, 0) is 0 Å². The summed E-state index contributed by atoms with van der Waals surface area (Å²) in [7, 11) is 0. The molecule has 5 aromatic rings. The minimum atomic E-state index is 0.235. The number of anilines is 1. The van der Waals surface area contributed by atoms with Gasteiger partial charge in [0.2, 0.25) is 0 Å². The molecule has 6 rings (SSSR count). The smallest absolute Gasteiger partial charge is 0.180 e. The fraction of sp³-hybridized carbons (Fsp3) is 0.156. The predicted octanol–water partition coefficient (Wildman–Crippen LogP) is 6.12. The van der Waals surface area contributed by atoms with Crippen LogP contribution in [-0.4, -0.2) is 46.0 Å². The van der Waals surface area contributed by atoms with Crippen molar-refractivity contribution in [1.29, 1.82) is 0 Å². The van der Waals surface area contributed by atoms with Gasteiger partial charge in [0, 0.05) is 44.0 Å². The van der Waals surface area contributed by atoms with Crippen LogP contribution in [0.15, 0.2) is 121 Å². The van der Waals surface area contributed by atoms with Gasteiger partial charge in [0.05, 0.1) is 11.7 Å². The second-order valence-electron chi connectivity index (χ2n) is 9.26. The van der Waals surface area contributed by atoms with E-state index in [4.69, 9.17) is 9.97 Å². The fourth-order valence-electron chi connectivity index (χ4n) is 5.06. The molecule has 1 fully saturated rings. The molecule has 0 radical (unpaired) electrons. The first-order chi connectivity index (χ1) is 18.3. The zero-order valence-corrected chi connectivity index (χ0v) is 20.7. The number of hydrogen-bond donors (Lipinski definition) is 0. The Hall–Kier alpha value is -4.35. The molecule has 0 atom stereocenters. The summed E-state index contributed by atoms with van der Waals surface area (Å²) in [5.74, 6) is 1.61. The van der Waals surface area contributed by atoms with Crippen LogP contribution in [0.25, 0.3) is 22.8 Å². The summed E-state index contributed by atoms with van der Waals surface area (Å²) < 4.78 is 0. The summed E-state index contributed by atoms with van der Waals surface area (Å²) in [6.07, 6.45) is 1.79. The Morgan fingerprint density at radius 2 is 1.16 bits per heavy atom. The van der Waals surface area contributed by atoms with Crippen molar-refractivity contribution < 1.29 is 0 Å². The first-order valence-electron chi connectivity index (χ1n) is 12.8. The molecule has 37 heavy (non-hydrogen) atoms. The van der Waals surface area contributed by atoms with E-state index in [-0.39, 0.29) is 6.04 Å². The molecule has 2 aromatic heterocycles. The standard InChI is InChI=1S/C32H29N5/c1-4-12-25(13-5-1)29-24-30(35-32(34-29)28-18-10-11-19-33-28)36-20-22-37(23-21-36)31(26-14-6-2-7-15-26)27-16-8-3-9-17-27/h1-19,24,31H,20-23H2. The van der Waals surface area contributed by atoms with Gasteiger partial charge in [-0.05, 0) is 23.3 Å². The molecule has 0 unspecified atom stereocenters. The summed E-state index contributed by atoms with van der Waals surface area (Å²) in [5, 5.41) is 0. The normalized spacial score (nSPS) is 14.1. The minimum Gasteiger partial charge on any atom is -0.354 e. The first-order valence-corrected chi connectivity index (χ1v) is 12.8. The van der Waals surface area contributed by atoms with Crippen LogP contribution in [0.4, 0.5) is 5.82 Å². The summed E-state index contributed by atoms with van der Waals surface area (Å²) >= 11 is 0. The fourth-order valence-corrected chi connectivity index (χ4v) is 5.06. The molecule has 5 nitrogen and oxygen atoms in total. The van der Waals surface area contributed by atoms with Crippen molar-refractivity contribution in [3.05, 3.63) is 133 Å². The molecular weight excluding hydrogens is 454 g/mol. The molecule has 1 aliphatic heterocycles. The van der Waals surface area contributed by atoms with E-state index >= 15 is 0 Å². The lowest BCUT2D eigenvalue weighted by molar-refractivity contribution is 0.212. The van der Waals surface area contributed by atoms with Crippen LogP contribution in [0.5, 0.6) is 0 Å². The van der Waals surface area contributed by atoms with Crippen molar-refractivity contribution in [3.8, 4) is 22.8 Å². The molecule has 0 spiro atoms. The average molecular weight is 484 g/mol. The van der Waals surface area contributed by atoms with E-state index in [0.717, 1.165) is 48.9 Å². The lowest BCUT2D eigenvalue weighted by Gasteiger charge is -2.40.